The SMILES string of the molecule is Cc1ccc(NCC2[C@H](C)CCCN2C(=O)c2cc(C)ccc2-c2ccccn2)nc1. The van der Waals surface area contributed by atoms with Crippen LogP contribution in [0.15, 0.2) is 60.9 Å². The Bertz CT molecular complexity index is 1030. The average molecular weight is 415 g/mol. The van der Waals surface area contributed by atoms with Crippen LogP contribution in [0.1, 0.15) is 41.3 Å². The number of rotatable bonds is 5. The van der Waals surface area contributed by atoms with E-state index in [-0.39, 0.29) is 11.9 Å². The van der Waals surface area contributed by atoms with Crippen molar-refractivity contribution >= 4 is 11.7 Å². The van der Waals surface area contributed by atoms with E-state index < -0.39 is 0 Å². The molecule has 5 heteroatoms. The van der Waals surface area contributed by atoms with Gasteiger partial charge in [-0.3, -0.25) is 9.78 Å². The molecule has 0 saturated carbocycles. The summed E-state index contributed by atoms with van der Waals surface area (Å²) in [5, 5.41) is 3.45. The zero-order valence-corrected chi connectivity index (χ0v) is 18.5. The molecule has 1 aromatic carbocycles. The van der Waals surface area contributed by atoms with Crippen molar-refractivity contribution in [2.45, 2.75) is 39.7 Å². The minimum absolute atomic E-state index is 0.0829. The molecule has 3 heterocycles. The Hall–Kier alpha value is -3.21. The molecule has 5 nitrogen and oxygen atoms in total. The Morgan fingerprint density at radius 1 is 1.10 bits per heavy atom. The first kappa shape index (κ1) is 21.0. The number of nitrogens with zero attached hydrogens (tertiary/aromatic N) is 3. The van der Waals surface area contributed by atoms with Crippen molar-refractivity contribution in [3.63, 3.8) is 0 Å². The number of likely N-dealkylation sites (tertiary alicyclic amines) is 1. The number of benzene rings is 1. The summed E-state index contributed by atoms with van der Waals surface area (Å²) in [6, 6.07) is 16.0. The molecule has 1 aliphatic rings. The molecule has 1 saturated heterocycles. The second-order valence-electron chi connectivity index (χ2n) is 8.55. The molecule has 0 aliphatic carbocycles. The molecule has 0 radical (unpaired) electrons. The number of hydrogen-bond donors (Lipinski definition) is 1. The summed E-state index contributed by atoms with van der Waals surface area (Å²) in [6.45, 7) is 7.76. The standard InChI is InChI=1S/C26H30N4O/c1-18-9-11-21(23-8-4-5-13-27-23)22(15-18)26(31)30-14-6-7-20(3)24(30)17-29-25-12-10-19(2)16-28-25/h4-5,8-13,15-16,20,24H,6-7,14,17H2,1-3H3,(H,28,29)/t20-,24?/m1/s1. The minimum atomic E-state index is 0.0829. The van der Waals surface area contributed by atoms with Gasteiger partial charge in [-0.05, 0) is 62.4 Å². The summed E-state index contributed by atoms with van der Waals surface area (Å²) in [5.74, 6) is 1.35. The van der Waals surface area contributed by atoms with Crippen LogP contribution in [0.5, 0.6) is 0 Å². The fraction of sp³-hybridized carbons (Fsp3) is 0.346. The van der Waals surface area contributed by atoms with Crippen LogP contribution in [-0.2, 0) is 0 Å². The third-order valence-corrected chi connectivity index (χ3v) is 6.13. The second kappa shape index (κ2) is 9.29. The van der Waals surface area contributed by atoms with Gasteiger partial charge in [0.25, 0.3) is 5.91 Å². The molecule has 1 amide bonds. The van der Waals surface area contributed by atoms with Gasteiger partial charge in [-0.15, -0.1) is 0 Å². The number of anilines is 1. The number of aromatic nitrogens is 2. The molecular weight excluding hydrogens is 384 g/mol. The summed E-state index contributed by atoms with van der Waals surface area (Å²) in [6.07, 6.45) is 5.78. The Labute approximate surface area is 184 Å². The van der Waals surface area contributed by atoms with Gasteiger partial charge in [0.05, 0.1) is 11.7 Å². The maximum atomic E-state index is 13.8. The van der Waals surface area contributed by atoms with E-state index >= 15 is 0 Å². The normalized spacial score (nSPS) is 18.6. The first-order chi connectivity index (χ1) is 15.0. The smallest absolute Gasteiger partial charge is 0.254 e. The predicted molar refractivity (Wildman–Crippen MR) is 125 cm³/mol. The van der Waals surface area contributed by atoms with Gasteiger partial charge in [0.1, 0.15) is 5.82 Å². The Balaban J connectivity index is 1.61. The van der Waals surface area contributed by atoms with Gasteiger partial charge in [0.2, 0.25) is 0 Å². The average Bonchev–Trinajstić information content (AvgIpc) is 2.79. The maximum Gasteiger partial charge on any atom is 0.254 e. The third-order valence-electron chi connectivity index (χ3n) is 6.13. The van der Waals surface area contributed by atoms with E-state index in [0.717, 1.165) is 53.2 Å². The minimum Gasteiger partial charge on any atom is -0.368 e. The zero-order valence-electron chi connectivity index (χ0n) is 18.5. The summed E-state index contributed by atoms with van der Waals surface area (Å²) in [7, 11) is 0. The molecule has 0 spiro atoms. The Morgan fingerprint density at radius 3 is 2.68 bits per heavy atom. The highest BCUT2D eigenvalue weighted by Crippen LogP contribution is 2.29. The lowest BCUT2D eigenvalue weighted by Gasteiger charge is -2.40. The molecule has 160 valence electrons. The number of pyridine rings is 2. The van der Waals surface area contributed by atoms with Crippen LogP contribution in [0.3, 0.4) is 0 Å². The summed E-state index contributed by atoms with van der Waals surface area (Å²) >= 11 is 0. The third kappa shape index (κ3) is 4.76. The molecule has 1 N–H and O–H groups in total. The number of aryl methyl sites for hydroxylation is 2. The molecule has 2 aromatic heterocycles. The molecule has 2 atom stereocenters. The quantitative estimate of drug-likeness (QED) is 0.630. The lowest BCUT2D eigenvalue weighted by molar-refractivity contribution is 0.0540. The Kier molecular flexibility index (Phi) is 6.31. The van der Waals surface area contributed by atoms with Gasteiger partial charge in [-0.1, -0.05) is 36.8 Å². The number of piperidine rings is 1. The molecule has 0 bridgehead atoms. The van der Waals surface area contributed by atoms with E-state index in [2.05, 4.69) is 33.2 Å². The van der Waals surface area contributed by atoms with Crippen LogP contribution < -0.4 is 5.32 Å². The highest BCUT2D eigenvalue weighted by Gasteiger charge is 2.33. The van der Waals surface area contributed by atoms with Crippen molar-refractivity contribution in [3.8, 4) is 11.3 Å². The van der Waals surface area contributed by atoms with Crippen molar-refractivity contribution in [1.82, 2.24) is 14.9 Å². The number of hydrogen-bond acceptors (Lipinski definition) is 4. The van der Waals surface area contributed by atoms with Crippen LogP contribution in [0.25, 0.3) is 11.3 Å². The van der Waals surface area contributed by atoms with Crippen LogP contribution >= 0.6 is 0 Å². The molecule has 1 fully saturated rings. The lowest BCUT2D eigenvalue weighted by Crippen LogP contribution is -2.51. The summed E-state index contributed by atoms with van der Waals surface area (Å²) < 4.78 is 0. The van der Waals surface area contributed by atoms with Gasteiger partial charge >= 0.3 is 0 Å². The van der Waals surface area contributed by atoms with E-state index in [4.69, 9.17) is 0 Å². The molecule has 1 aliphatic heterocycles. The van der Waals surface area contributed by atoms with Gasteiger partial charge in [0, 0.05) is 36.6 Å². The van der Waals surface area contributed by atoms with E-state index in [1.807, 2.05) is 62.5 Å². The zero-order chi connectivity index (χ0) is 21.8. The van der Waals surface area contributed by atoms with Crippen LogP contribution in [0.4, 0.5) is 5.82 Å². The second-order valence-corrected chi connectivity index (χ2v) is 8.55. The fourth-order valence-electron chi connectivity index (χ4n) is 4.33. The molecule has 1 unspecified atom stereocenters. The van der Waals surface area contributed by atoms with Crippen LogP contribution in [0.2, 0.25) is 0 Å². The van der Waals surface area contributed by atoms with Crippen molar-refractivity contribution in [1.29, 1.82) is 0 Å². The van der Waals surface area contributed by atoms with Crippen LogP contribution in [-0.4, -0.2) is 39.9 Å². The number of nitrogens with one attached hydrogen (secondary N) is 1. The predicted octanol–water partition coefficient (Wildman–Crippen LogP) is 5.11. The fourth-order valence-corrected chi connectivity index (χ4v) is 4.33. The monoisotopic (exact) mass is 414 g/mol. The largest absolute Gasteiger partial charge is 0.368 e. The van der Waals surface area contributed by atoms with Crippen molar-refractivity contribution in [2.24, 2.45) is 5.92 Å². The number of carbonyl (C=O) groups excluding carboxylic acids is 1. The number of carbonyl (C=O) groups is 1. The maximum absolute atomic E-state index is 13.8. The first-order valence-electron chi connectivity index (χ1n) is 11.0. The van der Waals surface area contributed by atoms with E-state index in [0.29, 0.717) is 12.5 Å². The van der Waals surface area contributed by atoms with Gasteiger partial charge in [-0.25, -0.2) is 4.98 Å². The summed E-state index contributed by atoms with van der Waals surface area (Å²) in [5.41, 5.74) is 4.66. The van der Waals surface area contributed by atoms with E-state index in [1.54, 1.807) is 6.20 Å². The molecule has 3 aromatic rings. The van der Waals surface area contributed by atoms with E-state index in [1.165, 1.54) is 0 Å². The van der Waals surface area contributed by atoms with Crippen molar-refractivity contribution < 1.29 is 4.79 Å². The van der Waals surface area contributed by atoms with Gasteiger partial charge < -0.3 is 10.2 Å². The molecular formula is C26H30N4O. The van der Waals surface area contributed by atoms with Crippen molar-refractivity contribution in [3.05, 3.63) is 77.6 Å². The van der Waals surface area contributed by atoms with Crippen LogP contribution in [0, 0.1) is 19.8 Å². The topological polar surface area (TPSA) is 58.1 Å². The highest BCUT2D eigenvalue weighted by atomic mass is 16.2. The van der Waals surface area contributed by atoms with E-state index in [9.17, 15) is 4.79 Å². The van der Waals surface area contributed by atoms with Gasteiger partial charge in [-0.2, -0.15) is 0 Å². The van der Waals surface area contributed by atoms with Crippen molar-refractivity contribution in [2.75, 3.05) is 18.4 Å². The first-order valence-corrected chi connectivity index (χ1v) is 11.0. The highest BCUT2D eigenvalue weighted by molar-refractivity contribution is 6.01. The molecule has 31 heavy (non-hydrogen) atoms. The Morgan fingerprint density at radius 2 is 1.94 bits per heavy atom. The lowest BCUT2D eigenvalue weighted by atomic mass is 9.89. The van der Waals surface area contributed by atoms with Gasteiger partial charge in [0.15, 0.2) is 0 Å². The number of amides is 1. The summed E-state index contributed by atoms with van der Waals surface area (Å²) in [4.78, 5) is 24.8. The molecule has 4 rings (SSSR count).